The molecular weight excluding hydrogens is 288 g/mol. The maximum atomic E-state index is 12.1. The Bertz CT molecular complexity index is 515. The van der Waals surface area contributed by atoms with Crippen LogP contribution in [-0.4, -0.2) is 46.6 Å². The van der Waals surface area contributed by atoms with Crippen LogP contribution in [0.4, 0.5) is 4.79 Å². The number of benzene rings is 1. The number of rotatable bonds is 5. The average molecular weight is 308 g/mol. The molecular formula is C15H20N2O3S. The molecule has 1 aliphatic rings. The quantitative estimate of drug-likeness (QED) is 0.872. The third-order valence-electron chi connectivity index (χ3n) is 3.66. The molecule has 2 N–H and O–H groups in total. The number of nitrogens with zero attached hydrogens (tertiary/aromatic N) is 1. The first-order chi connectivity index (χ1) is 10.1. The van der Waals surface area contributed by atoms with Crippen molar-refractivity contribution in [3.63, 3.8) is 0 Å². The van der Waals surface area contributed by atoms with E-state index in [1.165, 1.54) is 0 Å². The highest BCUT2D eigenvalue weighted by Gasteiger charge is 2.23. The predicted octanol–water partition coefficient (Wildman–Crippen LogP) is 1.96. The number of carboxylic acids is 1. The SMILES string of the molecule is CN(C(=O)NCc1ccccc1CC(=O)O)C1CCSC1. The van der Waals surface area contributed by atoms with Crippen LogP contribution in [0.15, 0.2) is 24.3 Å². The number of aliphatic carboxylic acids is 1. The van der Waals surface area contributed by atoms with Crippen molar-refractivity contribution in [1.29, 1.82) is 0 Å². The molecule has 1 heterocycles. The molecule has 1 aromatic rings. The molecule has 1 aromatic carbocycles. The van der Waals surface area contributed by atoms with Gasteiger partial charge in [0.1, 0.15) is 0 Å². The lowest BCUT2D eigenvalue weighted by molar-refractivity contribution is -0.136. The summed E-state index contributed by atoms with van der Waals surface area (Å²) in [6, 6.07) is 7.49. The average Bonchev–Trinajstić information content (AvgIpc) is 2.98. The highest BCUT2D eigenvalue weighted by molar-refractivity contribution is 7.99. The summed E-state index contributed by atoms with van der Waals surface area (Å²) in [4.78, 5) is 24.7. The largest absolute Gasteiger partial charge is 0.481 e. The molecule has 0 spiro atoms. The maximum absolute atomic E-state index is 12.1. The minimum absolute atomic E-state index is 0.0266. The van der Waals surface area contributed by atoms with Gasteiger partial charge in [-0.2, -0.15) is 11.8 Å². The number of carboxylic acid groups (broad SMARTS) is 1. The number of carbonyl (C=O) groups is 2. The van der Waals surface area contributed by atoms with E-state index in [-0.39, 0.29) is 12.5 Å². The van der Waals surface area contributed by atoms with Crippen LogP contribution < -0.4 is 5.32 Å². The summed E-state index contributed by atoms with van der Waals surface area (Å²) >= 11 is 1.86. The van der Waals surface area contributed by atoms with Gasteiger partial charge in [0.2, 0.25) is 0 Å². The Hall–Kier alpha value is -1.69. The van der Waals surface area contributed by atoms with Crippen LogP contribution >= 0.6 is 11.8 Å². The van der Waals surface area contributed by atoms with Crippen molar-refractivity contribution < 1.29 is 14.7 Å². The summed E-state index contributed by atoms with van der Waals surface area (Å²) in [5.41, 5.74) is 1.59. The van der Waals surface area contributed by atoms with Crippen LogP contribution in [0.5, 0.6) is 0 Å². The molecule has 21 heavy (non-hydrogen) atoms. The number of hydrogen-bond acceptors (Lipinski definition) is 3. The van der Waals surface area contributed by atoms with Crippen molar-refractivity contribution in [3.05, 3.63) is 35.4 Å². The van der Waals surface area contributed by atoms with Gasteiger partial charge >= 0.3 is 12.0 Å². The maximum Gasteiger partial charge on any atom is 0.317 e. The number of thioether (sulfide) groups is 1. The third kappa shape index (κ3) is 4.39. The first kappa shape index (κ1) is 15.7. The fraction of sp³-hybridized carbons (Fsp3) is 0.467. The summed E-state index contributed by atoms with van der Waals surface area (Å²) in [6.07, 6.45) is 1.01. The second-order valence-corrected chi connectivity index (χ2v) is 6.28. The normalized spacial score (nSPS) is 17.5. The van der Waals surface area contributed by atoms with Gasteiger partial charge in [-0.3, -0.25) is 4.79 Å². The van der Waals surface area contributed by atoms with E-state index in [1.54, 1.807) is 11.0 Å². The Labute approximate surface area is 128 Å². The predicted molar refractivity (Wildman–Crippen MR) is 83.5 cm³/mol. The van der Waals surface area contributed by atoms with Gasteiger partial charge in [-0.25, -0.2) is 4.79 Å². The highest BCUT2D eigenvalue weighted by atomic mass is 32.2. The number of urea groups is 1. The van der Waals surface area contributed by atoms with E-state index in [4.69, 9.17) is 5.11 Å². The Morgan fingerprint density at radius 2 is 2.10 bits per heavy atom. The van der Waals surface area contributed by atoms with Crippen LogP contribution in [0.25, 0.3) is 0 Å². The second kappa shape index (κ2) is 7.36. The monoisotopic (exact) mass is 308 g/mol. The lowest BCUT2D eigenvalue weighted by Gasteiger charge is -2.24. The van der Waals surface area contributed by atoms with E-state index in [9.17, 15) is 9.59 Å². The number of amides is 2. The molecule has 0 saturated carbocycles. The fourth-order valence-corrected chi connectivity index (χ4v) is 3.62. The summed E-state index contributed by atoms with van der Waals surface area (Å²) < 4.78 is 0. The zero-order chi connectivity index (χ0) is 15.2. The summed E-state index contributed by atoms with van der Waals surface area (Å²) in [6.45, 7) is 0.354. The molecule has 5 nitrogen and oxygen atoms in total. The molecule has 1 unspecified atom stereocenters. The second-order valence-electron chi connectivity index (χ2n) is 5.13. The first-order valence-corrected chi connectivity index (χ1v) is 8.10. The molecule has 0 aromatic heterocycles. The Morgan fingerprint density at radius 3 is 2.71 bits per heavy atom. The van der Waals surface area contributed by atoms with Gasteiger partial charge in [0.15, 0.2) is 0 Å². The van der Waals surface area contributed by atoms with Gasteiger partial charge in [0.25, 0.3) is 0 Å². The van der Waals surface area contributed by atoms with E-state index in [1.807, 2.05) is 37.0 Å². The first-order valence-electron chi connectivity index (χ1n) is 6.95. The van der Waals surface area contributed by atoms with Crippen LogP contribution in [-0.2, 0) is 17.8 Å². The minimum Gasteiger partial charge on any atom is -0.481 e. The standard InChI is InChI=1S/C15H20N2O3S/c1-17(13-6-7-21-10-13)15(20)16-9-12-5-3-2-4-11(12)8-14(18)19/h2-5,13H,6-10H2,1H3,(H,16,20)(H,18,19). The highest BCUT2D eigenvalue weighted by Crippen LogP contribution is 2.21. The van der Waals surface area contributed by atoms with Gasteiger partial charge in [-0.15, -0.1) is 0 Å². The summed E-state index contributed by atoms with van der Waals surface area (Å²) in [7, 11) is 1.81. The molecule has 0 bridgehead atoms. The third-order valence-corrected chi connectivity index (χ3v) is 4.81. The molecule has 0 aliphatic carbocycles. The van der Waals surface area contributed by atoms with Crippen LogP contribution in [0, 0.1) is 0 Å². The molecule has 6 heteroatoms. The van der Waals surface area contributed by atoms with E-state index in [2.05, 4.69) is 5.32 Å². The Kier molecular flexibility index (Phi) is 5.50. The topological polar surface area (TPSA) is 69.6 Å². The van der Waals surface area contributed by atoms with E-state index < -0.39 is 5.97 Å². The van der Waals surface area contributed by atoms with E-state index >= 15 is 0 Å². The number of carbonyl (C=O) groups excluding carboxylic acids is 1. The summed E-state index contributed by atoms with van der Waals surface area (Å²) in [5.74, 6) is 1.22. The number of hydrogen-bond donors (Lipinski definition) is 2. The van der Waals surface area contributed by atoms with Gasteiger partial charge in [0.05, 0.1) is 6.42 Å². The molecule has 114 valence electrons. The molecule has 1 atom stereocenters. The van der Waals surface area contributed by atoms with E-state index in [0.29, 0.717) is 12.6 Å². The van der Waals surface area contributed by atoms with Crippen LogP contribution in [0.1, 0.15) is 17.5 Å². The zero-order valence-electron chi connectivity index (χ0n) is 12.0. The molecule has 1 saturated heterocycles. The molecule has 2 rings (SSSR count). The van der Waals surface area contributed by atoms with Crippen LogP contribution in [0.2, 0.25) is 0 Å². The van der Waals surface area contributed by atoms with Gasteiger partial charge in [-0.05, 0) is 23.3 Å². The lowest BCUT2D eigenvalue weighted by atomic mass is 10.0. The molecule has 1 aliphatic heterocycles. The molecule has 2 amide bonds. The molecule has 0 radical (unpaired) electrons. The van der Waals surface area contributed by atoms with Gasteiger partial charge in [0, 0.05) is 25.4 Å². The smallest absolute Gasteiger partial charge is 0.317 e. The molecule has 1 fully saturated rings. The van der Waals surface area contributed by atoms with Crippen molar-refractivity contribution in [2.24, 2.45) is 0 Å². The Morgan fingerprint density at radius 1 is 1.38 bits per heavy atom. The lowest BCUT2D eigenvalue weighted by Crippen LogP contribution is -2.43. The zero-order valence-corrected chi connectivity index (χ0v) is 12.9. The minimum atomic E-state index is -0.867. The fourth-order valence-electron chi connectivity index (χ4n) is 2.35. The Balaban J connectivity index is 1.93. The van der Waals surface area contributed by atoms with E-state index in [0.717, 1.165) is 29.1 Å². The van der Waals surface area contributed by atoms with Crippen molar-refractivity contribution >= 4 is 23.8 Å². The van der Waals surface area contributed by atoms with Crippen molar-refractivity contribution in [2.45, 2.75) is 25.4 Å². The van der Waals surface area contributed by atoms with Crippen molar-refractivity contribution in [2.75, 3.05) is 18.6 Å². The van der Waals surface area contributed by atoms with Gasteiger partial charge < -0.3 is 15.3 Å². The van der Waals surface area contributed by atoms with Crippen molar-refractivity contribution in [3.8, 4) is 0 Å². The van der Waals surface area contributed by atoms with Gasteiger partial charge in [-0.1, -0.05) is 24.3 Å². The van der Waals surface area contributed by atoms with Crippen molar-refractivity contribution in [1.82, 2.24) is 10.2 Å². The summed E-state index contributed by atoms with van der Waals surface area (Å²) in [5, 5.41) is 11.8. The number of nitrogens with one attached hydrogen (secondary N) is 1. The van der Waals surface area contributed by atoms with Crippen LogP contribution in [0.3, 0.4) is 0 Å².